The van der Waals surface area contributed by atoms with E-state index >= 15 is 0 Å². The summed E-state index contributed by atoms with van der Waals surface area (Å²) in [4.78, 5) is 13.2. The molecule has 4 rings (SSSR count). The lowest BCUT2D eigenvalue weighted by molar-refractivity contribution is 0.458. The molecular weight excluding hydrogens is 358 g/mol. The fourth-order valence-corrected chi connectivity index (χ4v) is 3.18. The van der Waals surface area contributed by atoms with Crippen molar-refractivity contribution in [3.05, 3.63) is 84.3 Å². The van der Waals surface area contributed by atoms with Gasteiger partial charge in [0.05, 0.1) is 0 Å². The molecule has 0 aliphatic carbocycles. The number of hydrogen-bond donors (Lipinski definition) is 0. The van der Waals surface area contributed by atoms with E-state index in [4.69, 9.17) is 4.74 Å². The highest BCUT2D eigenvalue weighted by Crippen LogP contribution is 2.22. The molecule has 0 saturated heterocycles. The molecule has 7 heteroatoms. The molecule has 0 aliphatic heterocycles. The van der Waals surface area contributed by atoms with Crippen LogP contribution in [0.15, 0.2) is 78.2 Å². The third-order valence-corrected chi connectivity index (χ3v) is 4.59. The summed E-state index contributed by atoms with van der Waals surface area (Å²) in [5.41, 5.74) is 2.02. The normalized spacial score (nSPS) is 10.7. The standard InChI is InChI=1S/C20H17N5OS/c1-15-12-18(26-17-10-6-3-7-11-17)23-19(22-15)25-14-21-20(24-25)27-13-16-8-4-2-5-9-16/h2-12,14H,13H2,1H3. The summed E-state index contributed by atoms with van der Waals surface area (Å²) in [5.74, 6) is 2.43. The molecule has 0 bridgehead atoms. The van der Waals surface area contributed by atoms with Crippen LogP contribution in [0, 0.1) is 6.92 Å². The van der Waals surface area contributed by atoms with Gasteiger partial charge in [-0.1, -0.05) is 60.3 Å². The zero-order valence-corrected chi connectivity index (χ0v) is 15.5. The van der Waals surface area contributed by atoms with E-state index in [1.807, 2.05) is 55.5 Å². The van der Waals surface area contributed by atoms with Gasteiger partial charge < -0.3 is 4.74 Å². The summed E-state index contributed by atoms with van der Waals surface area (Å²) < 4.78 is 7.38. The van der Waals surface area contributed by atoms with Crippen molar-refractivity contribution >= 4 is 11.8 Å². The molecule has 0 N–H and O–H groups in total. The van der Waals surface area contributed by atoms with Crippen LogP contribution in [0.2, 0.25) is 0 Å². The summed E-state index contributed by atoms with van der Waals surface area (Å²) in [7, 11) is 0. The molecule has 2 aromatic heterocycles. The molecule has 0 atom stereocenters. The maximum absolute atomic E-state index is 5.82. The number of thioether (sulfide) groups is 1. The van der Waals surface area contributed by atoms with Crippen LogP contribution < -0.4 is 4.74 Å². The highest BCUT2D eigenvalue weighted by atomic mass is 32.2. The summed E-state index contributed by atoms with van der Waals surface area (Å²) in [5, 5.41) is 5.15. The van der Waals surface area contributed by atoms with Crippen LogP contribution in [0.25, 0.3) is 5.95 Å². The van der Waals surface area contributed by atoms with Gasteiger partial charge in [-0.15, -0.1) is 5.10 Å². The van der Waals surface area contributed by atoms with Crippen molar-refractivity contribution in [2.75, 3.05) is 0 Å². The van der Waals surface area contributed by atoms with Crippen LogP contribution >= 0.6 is 11.8 Å². The zero-order valence-electron chi connectivity index (χ0n) is 14.7. The van der Waals surface area contributed by atoms with Crippen molar-refractivity contribution in [2.45, 2.75) is 17.8 Å². The smallest absolute Gasteiger partial charge is 0.255 e. The van der Waals surface area contributed by atoms with Gasteiger partial charge in [0.2, 0.25) is 11.0 Å². The first-order chi connectivity index (χ1) is 13.3. The number of ether oxygens (including phenoxy) is 1. The number of nitrogens with zero attached hydrogens (tertiary/aromatic N) is 5. The Balaban J connectivity index is 1.50. The number of benzene rings is 2. The first-order valence-corrected chi connectivity index (χ1v) is 9.42. The van der Waals surface area contributed by atoms with Gasteiger partial charge in [-0.2, -0.15) is 9.67 Å². The molecule has 2 heterocycles. The molecule has 0 radical (unpaired) electrons. The molecule has 0 unspecified atom stereocenters. The molecule has 4 aromatic rings. The zero-order chi connectivity index (χ0) is 18.5. The first-order valence-electron chi connectivity index (χ1n) is 8.43. The largest absolute Gasteiger partial charge is 0.439 e. The minimum Gasteiger partial charge on any atom is -0.439 e. The van der Waals surface area contributed by atoms with E-state index < -0.39 is 0 Å². The second-order valence-corrected chi connectivity index (χ2v) is 6.75. The SMILES string of the molecule is Cc1cc(Oc2ccccc2)nc(-n2cnc(SCc3ccccc3)n2)n1. The van der Waals surface area contributed by atoms with E-state index in [9.17, 15) is 0 Å². The van der Waals surface area contributed by atoms with Gasteiger partial charge in [-0.3, -0.25) is 0 Å². The Bertz CT molecular complexity index is 1020. The molecule has 27 heavy (non-hydrogen) atoms. The van der Waals surface area contributed by atoms with E-state index in [1.165, 1.54) is 5.56 Å². The van der Waals surface area contributed by atoms with Gasteiger partial charge in [0, 0.05) is 17.5 Å². The van der Waals surface area contributed by atoms with E-state index in [-0.39, 0.29) is 0 Å². The third kappa shape index (κ3) is 4.51. The van der Waals surface area contributed by atoms with Crippen LogP contribution in [0.5, 0.6) is 11.6 Å². The van der Waals surface area contributed by atoms with Crippen LogP contribution in [0.1, 0.15) is 11.3 Å². The van der Waals surface area contributed by atoms with Gasteiger partial charge in [-0.25, -0.2) is 9.97 Å². The Labute approximate surface area is 161 Å². The monoisotopic (exact) mass is 375 g/mol. The fraction of sp³-hybridized carbons (Fsp3) is 0.100. The van der Waals surface area contributed by atoms with E-state index in [0.717, 1.165) is 17.2 Å². The van der Waals surface area contributed by atoms with E-state index in [0.29, 0.717) is 17.0 Å². The average Bonchev–Trinajstić information content (AvgIpc) is 3.17. The van der Waals surface area contributed by atoms with Crippen molar-refractivity contribution in [1.29, 1.82) is 0 Å². The maximum Gasteiger partial charge on any atom is 0.255 e. The predicted molar refractivity (Wildman–Crippen MR) is 104 cm³/mol. The van der Waals surface area contributed by atoms with Gasteiger partial charge >= 0.3 is 0 Å². The Hall–Kier alpha value is -3.19. The Kier molecular flexibility index (Phi) is 5.11. The van der Waals surface area contributed by atoms with Gasteiger partial charge in [0.1, 0.15) is 12.1 Å². The number of aryl methyl sites for hydroxylation is 1. The van der Waals surface area contributed by atoms with Crippen molar-refractivity contribution in [1.82, 2.24) is 24.7 Å². The van der Waals surface area contributed by atoms with Crippen molar-refractivity contribution in [2.24, 2.45) is 0 Å². The summed E-state index contributed by atoms with van der Waals surface area (Å²) >= 11 is 1.57. The topological polar surface area (TPSA) is 65.7 Å². The Morgan fingerprint density at radius 3 is 2.48 bits per heavy atom. The molecule has 0 saturated carbocycles. The van der Waals surface area contributed by atoms with Crippen molar-refractivity contribution in [3.8, 4) is 17.6 Å². The molecular formula is C20H17N5OS. The van der Waals surface area contributed by atoms with Crippen LogP contribution in [0.3, 0.4) is 0 Å². The molecule has 2 aromatic carbocycles. The lowest BCUT2D eigenvalue weighted by Gasteiger charge is -2.07. The fourth-order valence-electron chi connectivity index (χ4n) is 2.42. The van der Waals surface area contributed by atoms with Crippen molar-refractivity contribution < 1.29 is 4.74 Å². The predicted octanol–water partition coefficient (Wildman–Crippen LogP) is 4.45. The van der Waals surface area contributed by atoms with Gasteiger partial charge in [0.25, 0.3) is 5.95 Å². The van der Waals surface area contributed by atoms with Crippen LogP contribution in [-0.4, -0.2) is 24.7 Å². The van der Waals surface area contributed by atoms with Crippen molar-refractivity contribution in [3.63, 3.8) is 0 Å². The lowest BCUT2D eigenvalue weighted by atomic mass is 10.2. The molecule has 0 fully saturated rings. The number of para-hydroxylation sites is 1. The molecule has 0 aliphatic rings. The minimum atomic E-state index is 0.431. The van der Waals surface area contributed by atoms with Crippen LogP contribution in [-0.2, 0) is 5.75 Å². The number of hydrogen-bond acceptors (Lipinski definition) is 6. The average molecular weight is 375 g/mol. The lowest BCUT2D eigenvalue weighted by Crippen LogP contribution is -2.04. The Morgan fingerprint density at radius 1 is 0.963 bits per heavy atom. The van der Waals surface area contributed by atoms with Crippen LogP contribution in [0.4, 0.5) is 0 Å². The molecule has 6 nitrogen and oxygen atoms in total. The third-order valence-electron chi connectivity index (χ3n) is 3.67. The summed E-state index contributed by atoms with van der Waals surface area (Å²) in [6.07, 6.45) is 1.62. The summed E-state index contributed by atoms with van der Waals surface area (Å²) in [6.45, 7) is 1.89. The quantitative estimate of drug-likeness (QED) is 0.464. The molecule has 0 spiro atoms. The van der Waals surface area contributed by atoms with E-state index in [1.54, 1.807) is 28.8 Å². The highest BCUT2D eigenvalue weighted by Gasteiger charge is 2.10. The number of rotatable bonds is 6. The Morgan fingerprint density at radius 2 is 1.70 bits per heavy atom. The first kappa shape index (κ1) is 17.2. The van der Waals surface area contributed by atoms with Gasteiger partial charge in [0.15, 0.2) is 0 Å². The molecule has 0 amide bonds. The van der Waals surface area contributed by atoms with Gasteiger partial charge in [-0.05, 0) is 24.6 Å². The minimum absolute atomic E-state index is 0.431. The summed E-state index contributed by atoms with van der Waals surface area (Å²) in [6, 6.07) is 21.5. The molecule has 134 valence electrons. The second-order valence-electron chi connectivity index (χ2n) is 5.81. The number of aromatic nitrogens is 5. The second kappa shape index (κ2) is 8.01. The van der Waals surface area contributed by atoms with E-state index in [2.05, 4.69) is 32.2 Å². The highest BCUT2D eigenvalue weighted by molar-refractivity contribution is 7.98. The maximum atomic E-state index is 5.82.